The van der Waals surface area contributed by atoms with E-state index in [0.29, 0.717) is 31.0 Å². The summed E-state index contributed by atoms with van der Waals surface area (Å²) in [6.07, 6.45) is 1.61. The van der Waals surface area contributed by atoms with Crippen molar-refractivity contribution >= 4 is 11.6 Å². The van der Waals surface area contributed by atoms with Crippen molar-refractivity contribution in [1.82, 2.24) is 9.88 Å². The largest absolute Gasteiger partial charge is 0.494 e. The van der Waals surface area contributed by atoms with E-state index in [1.165, 1.54) is 0 Å². The van der Waals surface area contributed by atoms with Crippen LogP contribution < -0.4 is 14.4 Å². The summed E-state index contributed by atoms with van der Waals surface area (Å²) in [6.45, 7) is 7.34. The number of rotatable bonds is 5. The topological polar surface area (TPSA) is 54.9 Å². The maximum absolute atomic E-state index is 12.9. The molecule has 2 aromatic rings. The molecule has 3 rings (SSSR count). The summed E-state index contributed by atoms with van der Waals surface area (Å²) >= 11 is 0. The third-order valence-corrected chi connectivity index (χ3v) is 4.53. The first-order valence-corrected chi connectivity index (χ1v) is 8.90. The summed E-state index contributed by atoms with van der Waals surface area (Å²) in [4.78, 5) is 21.3. The Balaban J connectivity index is 1.71. The Labute approximate surface area is 154 Å². The molecule has 0 N–H and O–H groups in total. The molecule has 2 heterocycles. The zero-order valence-corrected chi connectivity index (χ0v) is 15.6. The highest BCUT2D eigenvalue weighted by molar-refractivity contribution is 5.97. The molecule has 1 amide bonds. The lowest BCUT2D eigenvalue weighted by Gasteiger charge is -2.36. The number of aryl methyl sites for hydroxylation is 1. The van der Waals surface area contributed by atoms with Crippen molar-refractivity contribution in [2.45, 2.75) is 13.8 Å². The number of carbonyl (C=O) groups is 1. The van der Waals surface area contributed by atoms with Crippen LogP contribution in [-0.4, -0.2) is 55.7 Å². The van der Waals surface area contributed by atoms with E-state index in [1.54, 1.807) is 19.4 Å². The van der Waals surface area contributed by atoms with Gasteiger partial charge in [0.15, 0.2) is 0 Å². The fourth-order valence-electron chi connectivity index (χ4n) is 3.19. The Hall–Kier alpha value is -2.76. The normalized spacial score (nSPS) is 14.3. The summed E-state index contributed by atoms with van der Waals surface area (Å²) in [6, 6.07) is 9.84. The number of ether oxygens (including phenoxy) is 2. The first-order chi connectivity index (χ1) is 12.6. The van der Waals surface area contributed by atoms with Crippen LogP contribution >= 0.6 is 0 Å². The highest BCUT2D eigenvalue weighted by Gasteiger charge is 2.25. The van der Waals surface area contributed by atoms with Crippen molar-refractivity contribution in [2.24, 2.45) is 0 Å². The Kier molecular flexibility index (Phi) is 5.61. The number of piperazine rings is 1. The number of benzene rings is 1. The van der Waals surface area contributed by atoms with Crippen LogP contribution in [0, 0.1) is 6.92 Å². The van der Waals surface area contributed by atoms with E-state index in [4.69, 9.17) is 9.47 Å². The van der Waals surface area contributed by atoms with Crippen LogP contribution in [-0.2, 0) is 0 Å². The zero-order chi connectivity index (χ0) is 18.5. The number of pyridine rings is 1. The molecule has 138 valence electrons. The van der Waals surface area contributed by atoms with Crippen LogP contribution in [0.15, 0.2) is 36.5 Å². The molecule has 1 aromatic heterocycles. The van der Waals surface area contributed by atoms with Gasteiger partial charge in [0, 0.05) is 31.9 Å². The van der Waals surface area contributed by atoms with Gasteiger partial charge in [-0.3, -0.25) is 9.78 Å². The van der Waals surface area contributed by atoms with Crippen molar-refractivity contribution in [3.8, 4) is 11.5 Å². The molecule has 1 saturated heterocycles. The standard InChI is InChI=1S/C20H25N3O3/c1-4-26-18-8-6-5-7-17(18)22-9-11-23(12-10-22)20(24)16-13-15(2)21-14-19(16)25-3/h5-8,13-14H,4,9-12H2,1-3H3. The van der Waals surface area contributed by atoms with E-state index in [-0.39, 0.29) is 5.91 Å². The number of hydrogen-bond donors (Lipinski definition) is 0. The summed E-state index contributed by atoms with van der Waals surface area (Å²) in [5.74, 6) is 1.40. The average Bonchev–Trinajstić information content (AvgIpc) is 2.68. The second-order valence-corrected chi connectivity index (χ2v) is 6.21. The lowest BCUT2D eigenvalue weighted by Crippen LogP contribution is -2.49. The van der Waals surface area contributed by atoms with Crippen molar-refractivity contribution in [3.63, 3.8) is 0 Å². The number of anilines is 1. The average molecular weight is 355 g/mol. The Morgan fingerprint density at radius 1 is 1.15 bits per heavy atom. The Morgan fingerprint density at radius 3 is 2.58 bits per heavy atom. The van der Waals surface area contributed by atoms with Crippen molar-refractivity contribution < 1.29 is 14.3 Å². The smallest absolute Gasteiger partial charge is 0.257 e. The van der Waals surface area contributed by atoms with E-state index in [9.17, 15) is 4.79 Å². The molecule has 0 bridgehead atoms. The monoisotopic (exact) mass is 355 g/mol. The van der Waals surface area contributed by atoms with Gasteiger partial charge in [-0.25, -0.2) is 0 Å². The first-order valence-electron chi connectivity index (χ1n) is 8.90. The molecule has 1 aliphatic rings. The SMILES string of the molecule is CCOc1ccccc1N1CCN(C(=O)c2cc(C)ncc2OC)CC1. The molecule has 1 fully saturated rings. The molecule has 0 radical (unpaired) electrons. The molecule has 1 aromatic carbocycles. The van der Waals surface area contributed by atoms with Gasteiger partial charge in [0.1, 0.15) is 11.5 Å². The van der Waals surface area contributed by atoms with E-state index in [0.717, 1.165) is 30.2 Å². The molecule has 0 unspecified atom stereocenters. The third kappa shape index (κ3) is 3.74. The van der Waals surface area contributed by atoms with Gasteiger partial charge >= 0.3 is 0 Å². The molecule has 6 heteroatoms. The first kappa shape index (κ1) is 18.0. The molecular formula is C20H25N3O3. The van der Waals surface area contributed by atoms with Gasteiger partial charge in [0.05, 0.1) is 31.2 Å². The van der Waals surface area contributed by atoms with Crippen molar-refractivity contribution in [2.75, 3.05) is 44.8 Å². The molecule has 26 heavy (non-hydrogen) atoms. The van der Waals surface area contributed by atoms with Crippen molar-refractivity contribution in [1.29, 1.82) is 0 Å². The Morgan fingerprint density at radius 2 is 1.88 bits per heavy atom. The number of para-hydroxylation sites is 2. The highest BCUT2D eigenvalue weighted by atomic mass is 16.5. The zero-order valence-electron chi connectivity index (χ0n) is 15.6. The highest BCUT2D eigenvalue weighted by Crippen LogP contribution is 2.29. The van der Waals surface area contributed by atoms with Gasteiger partial charge < -0.3 is 19.3 Å². The third-order valence-electron chi connectivity index (χ3n) is 4.53. The van der Waals surface area contributed by atoms with Crippen LogP contribution in [0.2, 0.25) is 0 Å². The van der Waals surface area contributed by atoms with Crippen LogP contribution in [0.5, 0.6) is 11.5 Å². The van der Waals surface area contributed by atoms with Crippen molar-refractivity contribution in [3.05, 3.63) is 47.8 Å². The second kappa shape index (κ2) is 8.08. The van der Waals surface area contributed by atoms with Gasteiger partial charge in [0.2, 0.25) is 0 Å². The number of methoxy groups -OCH3 is 1. The van der Waals surface area contributed by atoms with E-state index in [1.807, 2.05) is 36.9 Å². The Bertz CT molecular complexity index is 771. The quantitative estimate of drug-likeness (QED) is 0.825. The minimum Gasteiger partial charge on any atom is -0.494 e. The molecule has 0 saturated carbocycles. The van der Waals surface area contributed by atoms with Gasteiger partial charge in [-0.2, -0.15) is 0 Å². The lowest BCUT2D eigenvalue weighted by atomic mass is 10.1. The van der Waals surface area contributed by atoms with Gasteiger partial charge in [-0.05, 0) is 32.0 Å². The second-order valence-electron chi connectivity index (χ2n) is 6.21. The maximum atomic E-state index is 12.9. The lowest BCUT2D eigenvalue weighted by molar-refractivity contribution is 0.0743. The molecular weight excluding hydrogens is 330 g/mol. The van der Waals surface area contributed by atoms with E-state index in [2.05, 4.69) is 16.0 Å². The molecule has 0 atom stereocenters. The summed E-state index contributed by atoms with van der Waals surface area (Å²) in [5, 5.41) is 0. The van der Waals surface area contributed by atoms with Crippen LogP contribution in [0.4, 0.5) is 5.69 Å². The number of aromatic nitrogens is 1. The minimum absolute atomic E-state index is 0.00917. The predicted octanol–water partition coefficient (Wildman–Crippen LogP) is 2.76. The van der Waals surface area contributed by atoms with Gasteiger partial charge in [-0.1, -0.05) is 12.1 Å². The fourth-order valence-corrected chi connectivity index (χ4v) is 3.19. The van der Waals surface area contributed by atoms with Crippen LogP contribution in [0.3, 0.4) is 0 Å². The molecule has 6 nitrogen and oxygen atoms in total. The number of nitrogens with zero attached hydrogens (tertiary/aromatic N) is 3. The minimum atomic E-state index is -0.00917. The molecule has 0 aliphatic carbocycles. The summed E-state index contributed by atoms with van der Waals surface area (Å²) < 4.78 is 11.0. The van der Waals surface area contributed by atoms with Crippen LogP contribution in [0.25, 0.3) is 0 Å². The van der Waals surface area contributed by atoms with E-state index < -0.39 is 0 Å². The van der Waals surface area contributed by atoms with Gasteiger partial charge in [0.25, 0.3) is 5.91 Å². The maximum Gasteiger partial charge on any atom is 0.257 e. The molecule has 0 spiro atoms. The van der Waals surface area contributed by atoms with E-state index >= 15 is 0 Å². The number of carbonyl (C=O) groups excluding carboxylic acids is 1. The van der Waals surface area contributed by atoms with Crippen LogP contribution in [0.1, 0.15) is 23.0 Å². The summed E-state index contributed by atoms with van der Waals surface area (Å²) in [5.41, 5.74) is 2.46. The molecule has 1 aliphatic heterocycles. The fraction of sp³-hybridized carbons (Fsp3) is 0.400. The predicted molar refractivity (Wildman–Crippen MR) is 101 cm³/mol. The number of hydrogen-bond acceptors (Lipinski definition) is 5. The number of amides is 1. The summed E-state index contributed by atoms with van der Waals surface area (Å²) in [7, 11) is 1.56. The van der Waals surface area contributed by atoms with Gasteiger partial charge in [-0.15, -0.1) is 0 Å².